The van der Waals surface area contributed by atoms with Crippen LogP contribution in [0.2, 0.25) is 5.02 Å². The highest BCUT2D eigenvalue weighted by Gasteiger charge is 2.08. The largest absolute Gasteiger partial charge is 0.422 e. The minimum Gasteiger partial charge on any atom is -0.422 e. The molecule has 0 spiro atoms. The molecule has 1 N–H and O–H groups in total. The van der Waals surface area contributed by atoms with E-state index >= 15 is 0 Å². The maximum absolute atomic E-state index is 9.04. The third kappa shape index (κ3) is 3.04. The molecule has 0 atom stereocenters. The van der Waals surface area contributed by atoms with Gasteiger partial charge in [0, 0.05) is 0 Å². The number of para-hydroxylation sites is 1. The standard InChI is InChI=1S/C15H12ClN3O2/c16-13-8-11(9-20)6-7-14(13)21-15-17-10-19(18-15)12-4-2-1-3-5-12/h1-8,10,20H,9H2. The second-order valence-electron chi connectivity index (χ2n) is 4.33. The molecule has 0 aliphatic rings. The first-order chi connectivity index (χ1) is 10.3. The van der Waals surface area contributed by atoms with Gasteiger partial charge in [0.1, 0.15) is 12.1 Å². The number of rotatable bonds is 4. The maximum Gasteiger partial charge on any atom is 0.341 e. The fraction of sp³-hybridized carbons (Fsp3) is 0.0667. The summed E-state index contributed by atoms with van der Waals surface area (Å²) in [6.07, 6.45) is 1.57. The molecule has 0 aliphatic heterocycles. The monoisotopic (exact) mass is 301 g/mol. The predicted molar refractivity (Wildman–Crippen MR) is 78.8 cm³/mol. The Morgan fingerprint density at radius 2 is 1.95 bits per heavy atom. The number of aromatic nitrogens is 3. The number of ether oxygens (including phenoxy) is 1. The molecule has 21 heavy (non-hydrogen) atoms. The van der Waals surface area contributed by atoms with Crippen LogP contribution in [0.1, 0.15) is 5.56 Å². The molecule has 1 heterocycles. The zero-order valence-corrected chi connectivity index (χ0v) is 11.7. The first-order valence-corrected chi connectivity index (χ1v) is 6.68. The number of hydrogen-bond donors (Lipinski definition) is 1. The van der Waals surface area contributed by atoms with Crippen molar-refractivity contribution in [3.63, 3.8) is 0 Å². The molecular formula is C15H12ClN3O2. The lowest BCUT2D eigenvalue weighted by molar-refractivity contribution is 0.281. The second kappa shape index (κ2) is 5.95. The molecular weight excluding hydrogens is 290 g/mol. The minimum absolute atomic E-state index is 0.0686. The lowest BCUT2D eigenvalue weighted by Gasteiger charge is -2.05. The van der Waals surface area contributed by atoms with Crippen LogP contribution in [0.15, 0.2) is 54.9 Å². The van der Waals surface area contributed by atoms with Gasteiger partial charge in [0.25, 0.3) is 0 Å². The molecule has 0 saturated carbocycles. The van der Waals surface area contributed by atoms with Crippen LogP contribution in [0.4, 0.5) is 0 Å². The third-order valence-electron chi connectivity index (χ3n) is 2.87. The molecule has 106 valence electrons. The highest BCUT2D eigenvalue weighted by molar-refractivity contribution is 6.32. The van der Waals surface area contributed by atoms with E-state index in [0.717, 1.165) is 11.3 Å². The van der Waals surface area contributed by atoms with E-state index in [4.69, 9.17) is 21.4 Å². The Morgan fingerprint density at radius 1 is 1.14 bits per heavy atom. The van der Waals surface area contributed by atoms with Crippen LogP contribution in [-0.4, -0.2) is 19.9 Å². The lowest BCUT2D eigenvalue weighted by atomic mass is 10.2. The van der Waals surface area contributed by atoms with Crippen LogP contribution in [0.3, 0.4) is 0 Å². The van der Waals surface area contributed by atoms with Gasteiger partial charge in [0.15, 0.2) is 0 Å². The number of nitrogens with zero attached hydrogens (tertiary/aromatic N) is 3. The summed E-state index contributed by atoms with van der Waals surface area (Å²) in [6, 6.07) is 14.9. The van der Waals surface area contributed by atoms with E-state index in [9.17, 15) is 0 Å². The summed E-state index contributed by atoms with van der Waals surface area (Å²) in [5, 5.41) is 13.7. The first kappa shape index (κ1) is 13.6. The quantitative estimate of drug-likeness (QED) is 0.804. The predicted octanol–water partition coefficient (Wildman–Crippen LogP) is 3.21. The minimum atomic E-state index is -0.0686. The van der Waals surface area contributed by atoms with Gasteiger partial charge in [0.05, 0.1) is 17.3 Å². The van der Waals surface area contributed by atoms with Crippen LogP contribution in [0, 0.1) is 0 Å². The van der Waals surface area contributed by atoms with Crippen molar-refractivity contribution in [1.29, 1.82) is 0 Å². The van der Waals surface area contributed by atoms with Crippen molar-refractivity contribution in [1.82, 2.24) is 14.8 Å². The van der Waals surface area contributed by atoms with Gasteiger partial charge in [-0.3, -0.25) is 0 Å². The van der Waals surface area contributed by atoms with Crippen molar-refractivity contribution in [2.24, 2.45) is 0 Å². The number of benzene rings is 2. The Labute approximate surface area is 126 Å². The normalized spacial score (nSPS) is 10.6. The van der Waals surface area contributed by atoms with E-state index < -0.39 is 0 Å². The Bertz CT molecular complexity index is 744. The van der Waals surface area contributed by atoms with Crippen molar-refractivity contribution in [3.05, 3.63) is 65.4 Å². The molecule has 0 radical (unpaired) electrons. The molecule has 0 bridgehead atoms. The molecule has 6 heteroatoms. The van der Waals surface area contributed by atoms with Crippen molar-refractivity contribution in [2.75, 3.05) is 0 Å². The summed E-state index contributed by atoms with van der Waals surface area (Å²) < 4.78 is 7.17. The molecule has 1 aromatic heterocycles. The van der Waals surface area contributed by atoms with Crippen LogP contribution >= 0.6 is 11.6 Å². The Morgan fingerprint density at radius 3 is 2.67 bits per heavy atom. The molecule has 3 rings (SSSR count). The van der Waals surface area contributed by atoms with Gasteiger partial charge in [0.2, 0.25) is 0 Å². The topological polar surface area (TPSA) is 60.2 Å². The average Bonchev–Trinajstić information content (AvgIpc) is 2.99. The fourth-order valence-electron chi connectivity index (χ4n) is 1.82. The highest BCUT2D eigenvalue weighted by Crippen LogP contribution is 2.28. The average molecular weight is 302 g/mol. The van der Waals surface area contributed by atoms with Gasteiger partial charge in [-0.25, -0.2) is 4.68 Å². The van der Waals surface area contributed by atoms with E-state index in [2.05, 4.69) is 10.1 Å². The van der Waals surface area contributed by atoms with Crippen molar-refractivity contribution in [3.8, 4) is 17.4 Å². The van der Waals surface area contributed by atoms with Gasteiger partial charge in [-0.1, -0.05) is 35.9 Å². The summed E-state index contributed by atoms with van der Waals surface area (Å²) in [5.41, 5.74) is 1.61. The smallest absolute Gasteiger partial charge is 0.341 e. The van der Waals surface area contributed by atoms with Crippen molar-refractivity contribution < 1.29 is 9.84 Å². The summed E-state index contributed by atoms with van der Waals surface area (Å²) >= 11 is 6.08. The van der Waals surface area contributed by atoms with Gasteiger partial charge in [-0.05, 0) is 29.8 Å². The lowest BCUT2D eigenvalue weighted by Crippen LogP contribution is -1.95. The summed E-state index contributed by atoms with van der Waals surface area (Å²) in [6.45, 7) is -0.0686. The number of hydrogen-bond acceptors (Lipinski definition) is 4. The van der Waals surface area contributed by atoms with Crippen LogP contribution in [0.5, 0.6) is 11.8 Å². The first-order valence-electron chi connectivity index (χ1n) is 6.30. The molecule has 0 saturated heterocycles. The molecule has 0 fully saturated rings. The molecule has 0 unspecified atom stereocenters. The van der Waals surface area contributed by atoms with E-state index in [0.29, 0.717) is 10.8 Å². The van der Waals surface area contributed by atoms with Gasteiger partial charge in [-0.2, -0.15) is 4.98 Å². The van der Waals surface area contributed by atoms with Crippen LogP contribution in [-0.2, 0) is 6.61 Å². The summed E-state index contributed by atoms with van der Waals surface area (Å²) in [4.78, 5) is 4.09. The van der Waals surface area contributed by atoms with E-state index in [1.54, 1.807) is 29.2 Å². The number of aliphatic hydroxyl groups excluding tert-OH is 1. The van der Waals surface area contributed by atoms with Gasteiger partial charge < -0.3 is 9.84 Å². The molecule has 3 aromatic rings. The van der Waals surface area contributed by atoms with Gasteiger partial charge in [-0.15, -0.1) is 5.10 Å². The Balaban J connectivity index is 1.82. The zero-order valence-electron chi connectivity index (χ0n) is 11.0. The molecule has 0 amide bonds. The van der Waals surface area contributed by atoms with Crippen LogP contribution < -0.4 is 4.74 Å². The Hall–Kier alpha value is -2.37. The molecule has 0 aliphatic carbocycles. The van der Waals surface area contributed by atoms with E-state index in [1.165, 1.54) is 0 Å². The van der Waals surface area contributed by atoms with Crippen LogP contribution in [0.25, 0.3) is 5.69 Å². The highest BCUT2D eigenvalue weighted by atomic mass is 35.5. The zero-order chi connectivity index (χ0) is 14.7. The second-order valence-corrected chi connectivity index (χ2v) is 4.74. The Kier molecular flexibility index (Phi) is 3.85. The number of aliphatic hydroxyl groups is 1. The fourth-order valence-corrected chi connectivity index (χ4v) is 2.07. The molecule has 2 aromatic carbocycles. The number of halogens is 1. The van der Waals surface area contributed by atoms with Crippen molar-refractivity contribution >= 4 is 11.6 Å². The van der Waals surface area contributed by atoms with Gasteiger partial charge >= 0.3 is 6.01 Å². The molecule has 5 nitrogen and oxygen atoms in total. The van der Waals surface area contributed by atoms with E-state index in [1.807, 2.05) is 30.3 Å². The maximum atomic E-state index is 9.04. The SMILES string of the molecule is OCc1ccc(Oc2ncn(-c3ccccc3)n2)c(Cl)c1. The van der Waals surface area contributed by atoms with E-state index in [-0.39, 0.29) is 12.6 Å². The summed E-state index contributed by atoms with van der Waals surface area (Å²) in [5.74, 6) is 0.444. The summed E-state index contributed by atoms with van der Waals surface area (Å²) in [7, 11) is 0. The van der Waals surface area contributed by atoms with Crippen molar-refractivity contribution in [2.45, 2.75) is 6.61 Å². The third-order valence-corrected chi connectivity index (χ3v) is 3.17.